The van der Waals surface area contributed by atoms with Crippen molar-refractivity contribution in [3.05, 3.63) is 24.3 Å². The van der Waals surface area contributed by atoms with Crippen molar-refractivity contribution < 1.29 is 19.1 Å². The van der Waals surface area contributed by atoms with Crippen molar-refractivity contribution in [2.24, 2.45) is 11.8 Å². The van der Waals surface area contributed by atoms with Crippen LogP contribution in [-0.4, -0.2) is 30.1 Å². The number of rotatable bonds is 4. The summed E-state index contributed by atoms with van der Waals surface area (Å²) in [5, 5.41) is 2.92. The van der Waals surface area contributed by atoms with Gasteiger partial charge in [-0.2, -0.15) is 0 Å². The molecule has 8 heteroatoms. The molecule has 2 amide bonds. The van der Waals surface area contributed by atoms with E-state index in [0.29, 0.717) is 10.9 Å². The fraction of sp³-hybridized carbons (Fsp3) is 0.500. The van der Waals surface area contributed by atoms with Crippen LogP contribution in [0.2, 0.25) is 0 Å². The minimum atomic E-state index is -0.893. The molecule has 0 aromatic heterocycles. The molecule has 1 aliphatic carbocycles. The second kappa shape index (κ2) is 11.5. The van der Waals surface area contributed by atoms with E-state index in [0.717, 1.165) is 30.6 Å². The van der Waals surface area contributed by atoms with E-state index >= 15 is 0 Å². The Kier molecular flexibility index (Phi) is 9.75. The number of amides is 2. The second-order valence-corrected chi connectivity index (χ2v) is 6.94. The molecule has 0 saturated heterocycles. The second-order valence-electron chi connectivity index (χ2n) is 5.57. The number of hydrazine groups is 1. The van der Waals surface area contributed by atoms with Gasteiger partial charge in [-0.15, -0.1) is 11.8 Å². The predicted octanol–water partition coefficient (Wildman–Crippen LogP) is 2.47. The lowest BCUT2D eigenvalue weighted by atomic mass is 9.89. The Labute approximate surface area is 158 Å². The molecule has 0 spiro atoms. The van der Waals surface area contributed by atoms with Gasteiger partial charge in [0.1, 0.15) is 0 Å². The first-order valence-corrected chi connectivity index (χ1v) is 9.58. The Bertz CT molecular complexity index is 599. The van der Waals surface area contributed by atoms with Gasteiger partial charge in [0.05, 0.1) is 13.0 Å². The highest BCUT2D eigenvalue weighted by molar-refractivity contribution is 8.00. The number of methoxy groups -OCH3 is 1. The highest BCUT2D eigenvalue weighted by atomic mass is 32.2. The first kappa shape index (κ1) is 22.0. The number of anilines is 1. The van der Waals surface area contributed by atoms with E-state index in [-0.39, 0.29) is 11.9 Å². The van der Waals surface area contributed by atoms with Crippen LogP contribution in [0.3, 0.4) is 0 Å². The van der Waals surface area contributed by atoms with Crippen molar-refractivity contribution >= 4 is 35.2 Å². The Morgan fingerprint density at radius 1 is 1.04 bits per heavy atom. The molecule has 2 rings (SSSR count). The first-order valence-electron chi connectivity index (χ1n) is 8.70. The largest absolute Gasteiger partial charge is 0.469 e. The van der Waals surface area contributed by atoms with Gasteiger partial charge >= 0.3 is 17.8 Å². The van der Waals surface area contributed by atoms with E-state index in [9.17, 15) is 14.4 Å². The van der Waals surface area contributed by atoms with Crippen LogP contribution < -0.4 is 16.6 Å². The highest BCUT2D eigenvalue weighted by Gasteiger charge is 2.27. The van der Waals surface area contributed by atoms with Crippen LogP contribution in [0, 0.1) is 5.92 Å². The number of esters is 1. The molecule has 4 N–H and O–H groups in total. The van der Waals surface area contributed by atoms with Crippen LogP contribution in [-0.2, 0) is 19.1 Å². The molecule has 0 atom stereocenters. The van der Waals surface area contributed by atoms with E-state index < -0.39 is 11.8 Å². The standard InChI is InChI=1S/C16H21N3O4S.C2H6/c1-23-16(22)10-2-6-12(7-3-10)24-13-8-4-11(5-9-13)18-14(20)15(21)19-17;1-2/h4-5,8-10,12H,2-3,6-7,17H2,1H3,(H,18,20)(H,19,21);1-2H3. The summed E-state index contributed by atoms with van der Waals surface area (Å²) in [7, 11) is 1.43. The van der Waals surface area contributed by atoms with E-state index in [1.54, 1.807) is 29.3 Å². The normalized spacial score (nSPS) is 18.8. The van der Waals surface area contributed by atoms with Crippen molar-refractivity contribution in [1.82, 2.24) is 5.43 Å². The van der Waals surface area contributed by atoms with E-state index in [1.165, 1.54) is 7.11 Å². The number of hydrogen-bond acceptors (Lipinski definition) is 6. The topological polar surface area (TPSA) is 111 Å². The summed E-state index contributed by atoms with van der Waals surface area (Å²) in [6, 6.07) is 7.27. The third-order valence-electron chi connectivity index (χ3n) is 3.96. The summed E-state index contributed by atoms with van der Waals surface area (Å²) in [6.45, 7) is 4.00. The van der Waals surface area contributed by atoms with Gasteiger partial charge in [-0.05, 0) is 49.9 Å². The van der Waals surface area contributed by atoms with Crippen LogP contribution in [0.15, 0.2) is 29.2 Å². The lowest BCUT2D eigenvalue weighted by molar-refractivity contribution is -0.146. The fourth-order valence-corrected chi connectivity index (χ4v) is 3.83. The van der Waals surface area contributed by atoms with Gasteiger partial charge in [-0.25, -0.2) is 5.84 Å². The molecule has 1 aromatic rings. The van der Waals surface area contributed by atoms with Crippen molar-refractivity contribution in [3.63, 3.8) is 0 Å². The molecular weight excluding hydrogens is 354 g/mol. The Balaban J connectivity index is 0.00000163. The van der Waals surface area contributed by atoms with Crippen molar-refractivity contribution in [2.75, 3.05) is 12.4 Å². The van der Waals surface area contributed by atoms with E-state index in [1.807, 2.05) is 26.0 Å². The number of nitrogens with one attached hydrogen (secondary N) is 2. The molecule has 26 heavy (non-hydrogen) atoms. The van der Waals surface area contributed by atoms with Crippen LogP contribution >= 0.6 is 11.8 Å². The number of thioether (sulfide) groups is 1. The van der Waals surface area contributed by atoms with Crippen LogP contribution in [0.5, 0.6) is 0 Å². The lowest BCUT2D eigenvalue weighted by Gasteiger charge is -2.26. The third-order valence-corrected chi connectivity index (χ3v) is 5.31. The van der Waals surface area contributed by atoms with Gasteiger partial charge in [0.2, 0.25) is 0 Å². The van der Waals surface area contributed by atoms with Crippen molar-refractivity contribution in [1.29, 1.82) is 0 Å². The monoisotopic (exact) mass is 381 g/mol. The number of nitrogens with two attached hydrogens (primary N) is 1. The molecule has 1 fully saturated rings. The molecule has 0 aliphatic heterocycles. The van der Waals surface area contributed by atoms with Gasteiger partial charge in [-0.3, -0.25) is 19.8 Å². The molecule has 1 aromatic carbocycles. The molecule has 0 bridgehead atoms. The number of hydrogen-bond donors (Lipinski definition) is 3. The average molecular weight is 381 g/mol. The van der Waals surface area contributed by atoms with Gasteiger partial charge < -0.3 is 10.1 Å². The summed E-state index contributed by atoms with van der Waals surface area (Å²) in [4.78, 5) is 35.1. The van der Waals surface area contributed by atoms with E-state index in [4.69, 9.17) is 10.6 Å². The fourth-order valence-electron chi connectivity index (χ4n) is 2.65. The maximum atomic E-state index is 11.5. The van der Waals surface area contributed by atoms with Gasteiger partial charge in [-0.1, -0.05) is 13.8 Å². The van der Waals surface area contributed by atoms with Gasteiger partial charge in [0.15, 0.2) is 0 Å². The Hall–Kier alpha value is -2.06. The van der Waals surface area contributed by atoms with Crippen molar-refractivity contribution in [3.8, 4) is 0 Å². The Morgan fingerprint density at radius 3 is 2.12 bits per heavy atom. The number of ether oxygens (including phenoxy) is 1. The molecule has 1 saturated carbocycles. The third kappa shape index (κ3) is 6.68. The molecular formula is C18H27N3O4S. The minimum Gasteiger partial charge on any atom is -0.469 e. The predicted molar refractivity (Wildman–Crippen MR) is 102 cm³/mol. The zero-order valence-corrected chi connectivity index (χ0v) is 16.2. The maximum Gasteiger partial charge on any atom is 0.323 e. The van der Waals surface area contributed by atoms with Crippen molar-refractivity contribution in [2.45, 2.75) is 49.7 Å². The summed E-state index contributed by atoms with van der Waals surface area (Å²) >= 11 is 1.76. The molecule has 7 nitrogen and oxygen atoms in total. The van der Waals surface area contributed by atoms with Crippen LogP contribution in [0.1, 0.15) is 39.5 Å². The zero-order chi connectivity index (χ0) is 19.5. The molecule has 0 unspecified atom stereocenters. The van der Waals surface area contributed by atoms with Gasteiger partial charge in [0, 0.05) is 15.8 Å². The average Bonchev–Trinajstić information content (AvgIpc) is 2.70. The summed E-state index contributed by atoms with van der Waals surface area (Å²) in [5.41, 5.74) is 2.31. The minimum absolute atomic E-state index is 0.0260. The lowest BCUT2D eigenvalue weighted by Crippen LogP contribution is -2.39. The highest BCUT2D eigenvalue weighted by Crippen LogP contribution is 2.36. The molecule has 144 valence electrons. The first-order chi connectivity index (χ1) is 12.5. The maximum absolute atomic E-state index is 11.5. The van der Waals surface area contributed by atoms with Crippen LogP contribution in [0.4, 0.5) is 5.69 Å². The molecule has 0 radical (unpaired) electrons. The summed E-state index contributed by atoms with van der Waals surface area (Å²) in [6.07, 6.45) is 3.65. The van der Waals surface area contributed by atoms with E-state index in [2.05, 4.69) is 5.32 Å². The number of benzene rings is 1. The molecule has 0 heterocycles. The summed E-state index contributed by atoms with van der Waals surface area (Å²) < 4.78 is 4.80. The molecule has 1 aliphatic rings. The number of carbonyl (C=O) groups is 3. The van der Waals surface area contributed by atoms with Gasteiger partial charge in [0.25, 0.3) is 0 Å². The zero-order valence-electron chi connectivity index (χ0n) is 15.4. The SMILES string of the molecule is CC.COC(=O)C1CCC(Sc2ccc(NC(=O)C(=O)NN)cc2)CC1. The Morgan fingerprint density at radius 2 is 1.62 bits per heavy atom. The smallest absolute Gasteiger partial charge is 0.323 e. The van der Waals surface area contributed by atoms with Crippen LogP contribution in [0.25, 0.3) is 0 Å². The summed E-state index contributed by atoms with van der Waals surface area (Å²) in [5.74, 6) is 3.12. The number of carbonyl (C=O) groups excluding carboxylic acids is 3. The quantitative estimate of drug-likeness (QED) is 0.243.